The van der Waals surface area contributed by atoms with Crippen LogP contribution in [0.2, 0.25) is 0 Å². The van der Waals surface area contributed by atoms with Crippen LogP contribution in [0.4, 0.5) is 0 Å². The second kappa shape index (κ2) is 6.52. The van der Waals surface area contributed by atoms with E-state index in [1.54, 1.807) is 0 Å². The zero-order valence-corrected chi connectivity index (χ0v) is 11.6. The number of nitrogens with two attached hydrogens (primary N) is 1. The van der Waals surface area contributed by atoms with Gasteiger partial charge in [-0.25, -0.2) is 0 Å². The molecule has 1 saturated heterocycles. The lowest BCUT2D eigenvalue weighted by atomic mass is 9.95. The monoisotopic (exact) mass is 243 g/mol. The Labute approximate surface area is 105 Å². The second-order valence-corrected chi connectivity index (χ2v) is 5.79. The molecule has 0 aromatic carbocycles. The van der Waals surface area contributed by atoms with E-state index in [4.69, 9.17) is 18.0 Å². The predicted octanol–water partition coefficient (Wildman–Crippen LogP) is 1.32. The van der Waals surface area contributed by atoms with E-state index in [1.165, 1.54) is 32.5 Å². The van der Waals surface area contributed by atoms with E-state index < -0.39 is 0 Å². The molecule has 1 atom stereocenters. The minimum Gasteiger partial charge on any atom is -0.393 e. The number of hydrogen-bond acceptors (Lipinski definition) is 3. The van der Waals surface area contributed by atoms with Crippen LogP contribution in [0, 0.1) is 5.92 Å². The highest BCUT2D eigenvalue weighted by Gasteiger charge is 2.23. The van der Waals surface area contributed by atoms with Crippen LogP contribution in [0.25, 0.3) is 0 Å². The Hall–Kier alpha value is -0.190. The van der Waals surface area contributed by atoms with Crippen molar-refractivity contribution in [3.8, 4) is 0 Å². The summed E-state index contributed by atoms with van der Waals surface area (Å²) in [7, 11) is 4.31. The molecular formula is C12H25N3S. The van der Waals surface area contributed by atoms with Gasteiger partial charge in [-0.3, -0.25) is 0 Å². The molecule has 1 aliphatic rings. The van der Waals surface area contributed by atoms with Crippen LogP contribution < -0.4 is 5.73 Å². The maximum Gasteiger partial charge on any atom is 0.0742 e. The van der Waals surface area contributed by atoms with Crippen molar-refractivity contribution in [3.05, 3.63) is 0 Å². The van der Waals surface area contributed by atoms with Gasteiger partial charge in [0, 0.05) is 19.0 Å². The third kappa shape index (κ3) is 4.76. The van der Waals surface area contributed by atoms with Crippen molar-refractivity contribution < 1.29 is 0 Å². The van der Waals surface area contributed by atoms with Crippen LogP contribution in [0.15, 0.2) is 0 Å². The van der Waals surface area contributed by atoms with E-state index >= 15 is 0 Å². The molecule has 0 spiro atoms. The van der Waals surface area contributed by atoms with Gasteiger partial charge in [0.15, 0.2) is 0 Å². The molecule has 1 heterocycles. The minimum absolute atomic E-state index is 0.512. The third-order valence-corrected chi connectivity index (χ3v) is 3.56. The summed E-state index contributed by atoms with van der Waals surface area (Å²) in [6.45, 7) is 5.84. The fourth-order valence-electron chi connectivity index (χ4n) is 2.51. The normalized spacial score (nSPS) is 21.2. The van der Waals surface area contributed by atoms with Crippen molar-refractivity contribution in [1.29, 1.82) is 0 Å². The molecule has 0 amide bonds. The molecule has 0 saturated carbocycles. The molecule has 1 aliphatic heterocycles. The van der Waals surface area contributed by atoms with Crippen molar-refractivity contribution in [2.45, 2.75) is 32.2 Å². The maximum atomic E-state index is 5.59. The highest BCUT2D eigenvalue weighted by atomic mass is 32.1. The zero-order chi connectivity index (χ0) is 12.1. The van der Waals surface area contributed by atoms with Crippen LogP contribution in [-0.2, 0) is 0 Å². The first-order valence-electron chi connectivity index (χ1n) is 6.16. The van der Waals surface area contributed by atoms with Crippen molar-refractivity contribution in [3.63, 3.8) is 0 Å². The smallest absolute Gasteiger partial charge is 0.0742 e. The van der Waals surface area contributed by atoms with Crippen molar-refractivity contribution in [2.75, 3.05) is 33.7 Å². The Morgan fingerprint density at radius 2 is 2.00 bits per heavy atom. The van der Waals surface area contributed by atoms with E-state index in [9.17, 15) is 0 Å². The second-order valence-electron chi connectivity index (χ2n) is 5.26. The molecule has 4 heteroatoms. The van der Waals surface area contributed by atoms with Gasteiger partial charge in [-0.2, -0.15) is 0 Å². The molecule has 3 nitrogen and oxygen atoms in total. The van der Waals surface area contributed by atoms with E-state index in [-0.39, 0.29) is 0 Å². The largest absolute Gasteiger partial charge is 0.393 e. The third-order valence-electron chi connectivity index (χ3n) is 3.39. The van der Waals surface area contributed by atoms with Gasteiger partial charge in [0.2, 0.25) is 0 Å². The SMILES string of the molecule is CC(CC(N)=S)N1CCC(CN(C)C)CC1. The summed E-state index contributed by atoms with van der Waals surface area (Å²) < 4.78 is 0. The topological polar surface area (TPSA) is 32.5 Å². The standard InChI is InChI=1S/C12H25N3S/c1-10(8-12(13)16)15-6-4-11(5-7-15)9-14(2)3/h10-11H,4-9H2,1-3H3,(H2,13,16). The van der Waals surface area contributed by atoms with Crippen molar-refractivity contribution >= 4 is 17.2 Å². The average molecular weight is 243 g/mol. The van der Waals surface area contributed by atoms with Crippen LogP contribution in [0.1, 0.15) is 26.2 Å². The van der Waals surface area contributed by atoms with Crippen LogP contribution >= 0.6 is 12.2 Å². The summed E-state index contributed by atoms with van der Waals surface area (Å²) in [5.41, 5.74) is 5.59. The molecule has 2 N–H and O–H groups in total. The van der Waals surface area contributed by atoms with Crippen LogP contribution in [-0.4, -0.2) is 54.6 Å². The molecule has 0 bridgehead atoms. The van der Waals surface area contributed by atoms with Crippen LogP contribution in [0.5, 0.6) is 0 Å². The van der Waals surface area contributed by atoms with Crippen molar-refractivity contribution in [1.82, 2.24) is 9.80 Å². The van der Waals surface area contributed by atoms with Gasteiger partial charge in [-0.05, 0) is 52.9 Å². The zero-order valence-electron chi connectivity index (χ0n) is 10.8. The Kier molecular flexibility index (Phi) is 5.66. The fraction of sp³-hybridized carbons (Fsp3) is 0.917. The fourth-order valence-corrected chi connectivity index (χ4v) is 2.75. The molecular weight excluding hydrogens is 218 g/mol. The Bertz CT molecular complexity index is 222. The number of rotatable bonds is 5. The first kappa shape index (κ1) is 13.9. The summed E-state index contributed by atoms with van der Waals surface area (Å²) in [5, 5.41) is 0. The van der Waals surface area contributed by atoms with Gasteiger partial charge in [-0.1, -0.05) is 12.2 Å². The summed E-state index contributed by atoms with van der Waals surface area (Å²) in [6.07, 6.45) is 3.47. The number of likely N-dealkylation sites (tertiary alicyclic amines) is 1. The summed E-state index contributed by atoms with van der Waals surface area (Å²) >= 11 is 4.97. The van der Waals surface area contributed by atoms with Crippen molar-refractivity contribution in [2.24, 2.45) is 11.7 Å². The molecule has 0 aromatic rings. The first-order chi connectivity index (χ1) is 7.49. The van der Waals surface area contributed by atoms with Gasteiger partial charge in [0.1, 0.15) is 0 Å². The number of piperidine rings is 1. The van der Waals surface area contributed by atoms with E-state index in [2.05, 4.69) is 30.8 Å². The van der Waals surface area contributed by atoms with Gasteiger partial charge < -0.3 is 15.5 Å². The molecule has 1 unspecified atom stereocenters. The average Bonchev–Trinajstić information content (AvgIpc) is 2.16. The quantitative estimate of drug-likeness (QED) is 0.738. The first-order valence-corrected chi connectivity index (χ1v) is 6.57. The Balaban J connectivity index is 2.28. The molecule has 1 fully saturated rings. The van der Waals surface area contributed by atoms with Gasteiger partial charge in [0.25, 0.3) is 0 Å². The van der Waals surface area contributed by atoms with Gasteiger partial charge >= 0.3 is 0 Å². The summed E-state index contributed by atoms with van der Waals surface area (Å²) in [5.74, 6) is 0.864. The number of nitrogens with zero attached hydrogens (tertiary/aromatic N) is 2. The lowest BCUT2D eigenvalue weighted by Gasteiger charge is -2.36. The van der Waals surface area contributed by atoms with Gasteiger partial charge in [-0.15, -0.1) is 0 Å². The Morgan fingerprint density at radius 1 is 1.44 bits per heavy atom. The predicted molar refractivity (Wildman–Crippen MR) is 73.7 cm³/mol. The molecule has 0 aromatic heterocycles. The highest BCUT2D eigenvalue weighted by molar-refractivity contribution is 7.80. The summed E-state index contributed by atoms with van der Waals surface area (Å²) in [6, 6.07) is 0.512. The Morgan fingerprint density at radius 3 is 2.44 bits per heavy atom. The minimum atomic E-state index is 0.512. The number of hydrogen-bond donors (Lipinski definition) is 1. The molecule has 1 rings (SSSR count). The van der Waals surface area contributed by atoms with E-state index in [1.807, 2.05) is 0 Å². The van der Waals surface area contributed by atoms with E-state index in [0.717, 1.165) is 12.3 Å². The van der Waals surface area contributed by atoms with E-state index in [0.29, 0.717) is 11.0 Å². The molecule has 0 aliphatic carbocycles. The van der Waals surface area contributed by atoms with Gasteiger partial charge in [0.05, 0.1) is 4.99 Å². The van der Waals surface area contributed by atoms with Crippen LogP contribution in [0.3, 0.4) is 0 Å². The number of thiocarbonyl (C=S) groups is 1. The molecule has 16 heavy (non-hydrogen) atoms. The highest BCUT2D eigenvalue weighted by Crippen LogP contribution is 2.20. The summed E-state index contributed by atoms with van der Waals surface area (Å²) in [4.78, 5) is 5.45. The molecule has 94 valence electrons. The molecule has 0 radical (unpaired) electrons. The maximum absolute atomic E-state index is 5.59. The lowest BCUT2D eigenvalue weighted by molar-refractivity contribution is 0.130. The lowest BCUT2D eigenvalue weighted by Crippen LogP contribution is -2.43.